The Hall–Kier alpha value is -3.02. The van der Waals surface area contributed by atoms with Gasteiger partial charge < -0.3 is 19.7 Å². The summed E-state index contributed by atoms with van der Waals surface area (Å²) in [7, 11) is 1.30. The molecule has 2 aromatic rings. The fourth-order valence-corrected chi connectivity index (χ4v) is 2.89. The van der Waals surface area contributed by atoms with Crippen molar-refractivity contribution in [2.24, 2.45) is 0 Å². The largest absolute Gasteiger partial charge is 0.482 e. The molecule has 1 amide bonds. The molecule has 3 rings (SSSR count). The summed E-state index contributed by atoms with van der Waals surface area (Å²) >= 11 is 0. The first-order valence-corrected chi connectivity index (χ1v) is 8.62. The lowest BCUT2D eigenvalue weighted by Gasteiger charge is -2.18. The molecule has 6 nitrogen and oxygen atoms in total. The van der Waals surface area contributed by atoms with Gasteiger partial charge in [0.05, 0.1) is 7.11 Å². The molecule has 0 aromatic heterocycles. The van der Waals surface area contributed by atoms with E-state index in [4.69, 9.17) is 4.74 Å². The van der Waals surface area contributed by atoms with Gasteiger partial charge in [-0.3, -0.25) is 4.79 Å². The third-order valence-corrected chi connectivity index (χ3v) is 4.26. The normalized spacial score (nSPS) is 13.3. The molecule has 0 radical (unpaired) electrons. The fourth-order valence-electron chi connectivity index (χ4n) is 2.89. The number of carbonyl (C=O) groups excluding carboxylic acids is 2. The van der Waals surface area contributed by atoms with Crippen LogP contribution < -0.4 is 15.0 Å². The number of ether oxygens (including phenoxy) is 2. The summed E-state index contributed by atoms with van der Waals surface area (Å²) < 4.78 is 9.86. The Bertz CT molecular complexity index is 785. The van der Waals surface area contributed by atoms with Crippen LogP contribution in [0.5, 0.6) is 5.75 Å². The summed E-state index contributed by atoms with van der Waals surface area (Å²) in [6.45, 7) is 1.91. The lowest BCUT2D eigenvalue weighted by molar-refractivity contribution is -0.142. The molecule has 0 bridgehead atoms. The van der Waals surface area contributed by atoms with Crippen molar-refractivity contribution in [3.05, 3.63) is 54.1 Å². The van der Waals surface area contributed by atoms with Gasteiger partial charge >= 0.3 is 5.97 Å². The minimum Gasteiger partial charge on any atom is -0.482 e. The number of rotatable bonds is 6. The van der Waals surface area contributed by atoms with E-state index >= 15 is 0 Å². The standard InChI is InChI=1S/C20H22N2O4/c1-25-19(23)14-26-18-9-4-6-15(12-18)20(24)21-16-7-5-8-17(13-16)22-10-2-3-11-22/h4-9,12-13H,2-3,10-11,14H2,1H3,(H,21,24). The van der Waals surface area contributed by atoms with Gasteiger partial charge in [0.2, 0.25) is 0 Å². The molecule has 1 aliphatic rings. The Labute approximate surface area is 152 Å². The lowest BCUT2D eigenvalue weighted by Crippen LogP contribution is -2.18. The second kappa shape index (κ2) is 8.38. The highest BCUT2D eigenvalue weighted by Gasteiger charge is 2.13. The van der Waals surface area contributed by atoms with E-state index in [1.165, 1.54) is 20.0 Å². The molecule has 1 fully saturated rings. The van der Waals surface area contributed by atoms with Crippen molar-refractivity contribution in [1.29, 1.82) is 0 Å². The number of amides is 1. The topological polar surface area (TPSA) is 67.9 Å². The molecule has 0 aliphatic carbocycles. The molecule has 0 saturated carbocycles. The van der Waals surface area contributed by atoms with Gasteiger partial charge in [0.25, 0.3) is 5.91 Å². The molecular formula is C20H22N2O4. The highest BCUT2D eigenvalue weighted by Crippen LogP contribution is 2.24. The van der Waals surface area contributed by atoms with Crippen LogP contribution >= 0.6 is 0 Å². The number of methoxy groups -OCH3 is 1. The van der Waals surface area contributed by atoms with E-state index in [0.717, 1.165) is 24.5 Å². The molecular weight excluding hydrogens is 332 g/mol. The van der Waals surface area contributed by atoms with Crippen LogP contribution in [-0.2, 0) is 9.53 Å². The van der Waals surface area contributed by atoms with Crippen LogP contribution in [-0.4, -0.2) is 38.7 Å². The Morgan fingerprint density at radius 3 is 2.62 bits per heavy atom. The predicted molar refractivity (Wildman–Crippen MR) is 99.8 cm³/mol. The minimum absolute atomic E-state index is 0.195. The van der Waals surface area contributed by atoms with Gasteiger partial charge in [0, 0.05) is 30.0 Å². The minimum atomic E-state index is -0.474. The van der Waals surface area contributed by atoms with Crippen LogP contribution in [0.1, 0.15) is 23.2 Å². The van der Waals surface area contributed by atoms with Gasteiger partial charge in [-0.25, -0.2) is 4.79 Å². The van der Waals surface area contributed by atoms with Crippen molar-refractivity contribution >= 4 is 23.3 Å². The van der Waals surface area contributed by atoms with E-state index < -0.39 is 5.97 Å². The zero-order valence-electron chi connectivity index (χ0n) is 14.7. The van der Waals surface area contributed by atoms with Crippen molar-refractivity contribution in [1.82, 2.24) is 0 Å². The fraction of sp³-hybridized carbons (Fsp3) is 0.300. The van der Waals surface area contributed by atoms with Gasteiger partial charge in [0.1, 0.15) is 5.75 Å². The van der Waals surface area contributed by atoms with Gasteiger partial charge in [0.15, 0.2) is 6.61 Å². The second-order valence-corrected chi connectivity index (χ2v) is 6.09. The average Bonchev–Trinajstić information content (AvgIpc) is 3.21. The molecule has 6 heteroatoms. The van der Waals surface area contributed by atoms with E-state index in [0.29, 0.717) is 11.3 Å². The Balaban J connectivity index is 1.66. The maximum absolute atomic E-state index is 12.5. The Morgan fingerprint density at radius 2 is 1.85 bits per heavy atom. The number of nitrogens with zero attached hydrogens (tertiary/aromatic N) is 1. The van der Waals surface area contributed by atoms with Gasteiger partial charge in [-0.1, -0.05) is 12.1 Å². The van der Waals surface area contributed by atoms with Gasteiger partial charge in [-0.05, 0) is 49.2 Å². The van der Waals surface area contributed by atoms with Crippen LogP contribution in [0, 0.1) is 0 Å². The first-order valence-electron chi connectivity index (χ1n) is 8.62. The van der Waals surface area contributed by atoms with E-state index in [2.05, 4.69) is 21.0 Å². The molecule has 1 N–H and O–H groups in total. The molecule has 1 saturated heterocycles. The Kier molecular flexibility index (Phi) is 5.73. The van der Waals surface area contributed by atoms with Gasteiger partial charge in [-0.15, -0.1) is 0 Å². The number of nitrogens with one attached hydrogen (secondary N) is 1. The van der Waals surface area contributed by atoms with Crippen molar-refractivity contribution in [2.45, 2.75) is 12.8 Å². The van der Waals surface area contributed by atoms with E-state index in [-0.39, 0.29) is 12.5 Å². The summed E-state index contributed by atoms with van der Waals surface area (Å²) in [6, 6.07) is 14.6. The average molecular weight is 354 g/mol. The van der Waals surface area contributed by atoms with Crippen molar-refractivity contribution in [3.63, 3.8) is 0 Å². The maximum atomic E-state index is 12.5. The van der Waals surface area contributed by atoms with Crippen molar-refractivity contribution in [3.8, 4) is 5.75 Å². The van der Waals surface area contributed by atoms with E-state index in [1.54, 1.807) is 24.3 Å². The summed E-state index contributed by atoms with van der Waals surface area (Å²) in [5.74, 6) is -0.264. The summed E-state index contributed by atoms with van der Waals surface area (Å²) in [6.07, 6.45) is 2.41. The molecule has 0 atom stereocenters. The number of hydrogen-bond donors (Lipinski definition) is 1. The van der Waals surface area contributed by atoms with Crippen LogP contribution in [0.3, 0.4) is 0 Å². The van der Waals surface area contributed by atoms with Crippen LogP contribution in [0.15, 0.2) is 48.5 Å². The van der Waals surface area contributed by atoms with E-state index in [9.17, 15) is 9.59 Å². The summed E-state index contributed by atoms with van der Waals surface area (Å²) in [5, 5.41) is 2.91. The predicted octanol–water partition coefficient (Wildman–Crippen LogP) is 3.09. The summed E-state index contributed by atoms with van der Waals surface area (Å²) in [5.41, 5.74) is 2.33. The molecule has 2 aromatic carbocycles. The molecule has 1 heterocycles. The quantitative estimate of drug-likeness (QED) is 0.808. The van der Waals surface area contributed by atoms with Crippen molar-refractivity contribution in [2.75, 3.05) is 37.0 Å². The van der Waals surface area contributed by atoms with Crippen molar-refractivity contribution < 1.29 is 19.1 Å². The second-order valence-electron chi connectivity index (χ2n) is 6.09. The highest BCUT2D eigenvalue weighted by atomic mass is 16.6. The smallest absolute Gasteiger partial charge is 0.343 e. The highest BCUT2D eigenvalue weighted by molar-refractivity contribution is 6.04. The molecule has 0 unspecified atom stereocenters. The third kappa shape index (κ3) is 4.53. The monoisotopic (exact) mass is 354 g/mol. The number of anilines is 2. The van der Waals surface area contributed by atoms with Gasteiger partial charge in [-0.2, -0.15) is 0 Å². The zero-order chi connectivity index (χ0) is 18.4. The molecule has 1 aliphatic heterocycles. The SMILES string of the molecule is COC(=O)COc1cccc(C(=O)Nc2cccc(N3CCCC3)c2)c1. The summed E-state index contributed by atoms with van der Waals surface area (Å²) in [4.78, 5) is 26.0. The van der Waals surface area contributed by atoms with Crippen LogP contribution in [0.25, 0.3) is 0 Å². The van der Waals surface area contributed by atoms with Crippen LogP contribution in [0.2, 0.25) is 0 Å². The first-order chi connectivity index (χ1) is 12.7. The molecule has 136 valence electrons. The third-order valence-electron chi connectivity index (χ3n) is 4.26. The number of hydrogen-bond acceptors (Lipinski definition) is 5. The number of carbonyl (C=O) groups is 2. The number of esters is 1. The maximum Gasteiger partial charge on any atom is 0.343 e. The molecule has 26 heavy (non-hydrogen) atoms. The lowest BCUT2D eigenvalue weighted by atomic mass is 10.2. The molecule has 0 spiro atoms. The zero-order valence-corrected chi connectivity index (χ0v) is 14.7. The Morgan fingerprint density at radius 1 is 1.08 bits per heavy atom. The van der Waals surface area contributed by atoms with Crippen LogP contribution in [0.4, 0.5) is 11.4 Å². The van der Waals surface area contributed by atoms with E-state index in [1.807, 2.05) is 18.2 Å². The first kappa shape index (κ1) is 17.8. The number of benzene rings is 2.